The van der Waals surface area contributed by atoms with Gasteiger partial charge in [0.25, 0.3) is 5.56 Å². The largest absolute Gasteiger partial charge is 0.494 e. The summed E-state index contributed by atoms with van der Waals surface area (Å²) in [5.41, 5.74) is 3.51. The van der Waals surface area contributed by atoms with E-state index in [1.807, 2.05) is 35.9 Å². The average molecular weight is 424 g/mol. The van der Waals surface area contributed by atoms with E-state index in [4.69, 9.17) is 9.72 Å². The first-order valence-corrected chi connectivity index (χ1v) is 11.2. The molecule has 8 heteroatoms. The highest BCUT2D eigenvalue weighted by molar-refractivity contribution is 8.01. The van der Waals surface area contributed by atoms with Gasteiger partial charge in [0.1, 0.15) is 5.75 Å². The number of imidazole rings is 1. The van der Waals surface area contributed by atoms with E-state index in [9.17, 15) is 4.79 Å². The van der Waals surface area contributed by atoms with Crippen molar-refractivity contribution in [1.29, 1.82) is 0 Å². The van der Waals surface area contributed by atoms with Crippen LogP contribution in [-0.4, -0.2) is 31.4 Å². The van der Waals surface area contributed by atoms with Gasteiger partial charge in [-0.2, -0.15) is 0 Å². The molecule has 1 spiro atoms. The lowest BCUT2D eigenvalue weighted by Crippen LogP contribution is -2.27. The maximum Gasteiger partial charge on any atom is 0.266 e. The molecule has 1 aliphatic heterocycles. The zero-order chi connectivity index (χ0) is 20.7. The number of hydrogen-bond acceptors (Lipinski definition) is 6. The molecule has 0 saturated heterocycles. The van der Waals surface area contributed by atoms with Crippen LogP contribution in [0.25, 0.3) is 5.69 Å². The molecule has 156 valence electrons. The molecule has 7 nitrogen and oxygen atoms in total. The van der Waals surface area contributed by atoms with Gasteiger partial charge in [-0.1, -0.05) is 19.3 Å². The Kier molecular flexibility index (Phi) is 4.81. The second-order valence-corrected chi connectivity index (χ2v) is 9.63. The number of aromatic amines is 1. The quantitative estimate of drug-likeness (QED) is 0.648. The van der Waals surface area contributed by atoms with Crippen LogP contribution < -0.4 is 15.6 Å². The lowest BCUT2D eigenvalue weighted by Gasteiger charge is -2.31. The van der Waals surface area contributed by atoms with Gasteiger partial charge in [0, 0.05) is 29.1 Å². The number of aromatic nitrogens is 4. The lowest BCUT2D eigenvalue weighted by molar-refractivity contribution is 0.398. The number of H-pyrrole nitrogens is 1. The van der Waals surface area contributed by atoms with Crippen molar-refractivity contribution in [1.82, 2.24) is 19.5 Å². The fourth-order valence-corrected chi connectivity index (χ4v) is 6.00. The van der Waals surface area contributed by atoms with Gasteiger partial charge in [0.05, 0.1) is 35.4 Å². The standard InChI is InChI=1S/C22H25N5O2S/c1-14-12-27(13-23-14)17-7-6-15(10-18(17)29-2)24-21-25-16-11-22(8-4-3-5-9-22)30-19(16)20(28)26-21/h6-7,10,12-13H,3-5,8-9,11H2,1-2H3,(H2,24,25,26,28). The summed E-state index contributed by atoms with van der Waals surface area (Å²) in [4.78, 5) is 25.5. The summed E-state index contributed by atoms with van der Waals surface area (Å²) in [6.07, 6.45) is 10.7. The molecule has 2 N–H and O–H groups in total. The summed E-state index contributed by atoms with van der Waals surface area (Å²) in [5.74, 6) is 1.18. The van der Waals surface area contributed by atoms with Crippen molar-refractivity contribution in [2.45, 2.75) is 55.1 Å². The van der Waals surface area contributed by atoms with Crippen molar-refractivity contribution in [3.63, 3.8) is 0 Å². The first-order valence-electron chi connectivity index (χ1n) is 10.3. The third kappa shape index (κ3) is 3.49. The third-order valence-electron chi connectivity index (χ3n) is 5.95. The van der Waals surface area contributed by atoms with Crippen LogP contribution in [-0.2, 0) is 6.42 Å². The minimum atomic E-state index is -0.0487. The summed E-state index contributed by atoms with van der Waals surface area (Å²) >= 11 is 1.75. The minimum absolute atomic E-state index is 0.0487. The number of hydrogen-bond donors (Lipinski definition) is 2. The molecule has 3 heterocycles. The molecule has 30 heavy (non-hydrogen) atoms. The zero-order valence-corrected chi connectivity index (χ0v) is 18.0. The number of benzene rings is 1. The van der Waals surface area contributed by atoms with Crippen LogP contribution in [0.2, 0.25) is 0 Å². The fraction of sp³-hybridized carbons (Fsp3) is 0.409. The Hall–Kier alpha value is -2.74. The number of thioether (sulfide) groups is 1. The van der Waals surface area contributed by atoms with Gasteiger partial charge in [-0.05, 0) is 31.9 Å². The number of ether oxygens (including phenoxy) is 1. The number of fused-ring (bicyclic) bond motifs is 1. The SMILES string of the molecule is COc1cc(Nc2nc3c(c(=O)[nH]2)SC2(CCCCC2)C3)ccc1-n1cnc(C)c1. The fourth-order valence-electron chi connectivity index (χ4n) is 4.48. The van der Waals surface area contributed by atoms with Crippen LogP contribution in [0.1, 0.15) is 43.5 Å². The van der Waals surface area contributed by atoms with Gasteiger partial charge < -0.3 is 14.6 Å². The van der Waals surface area contributed by atoms with Crippen molar-refractivity contribution < 1.29 is 4.74 Å². The minimum Gasteiger partial charge on any atom is -0.494 e. The molecule has 0 atom stereocenters. The molecule has 0 amide bonds. The summed E-state index contributed by atoms with van der Waals surface area (Å²) in [6.45, 7) is 1.95. The van der Waals surface area contributed by atoms with E-state index in [1.54, 1.807) is 25.2 Å². The van der Waals surface area contributed by atoms with E-state index < -0.39 is 0 Å². The normalized spacial score (nSPS) is 17.1. The summed E-state index contributed by atoms with van der Waals surface area (Å²) in [6, 6.07) is 5.80. The van der Waals surface area contributed by atoms with Crippen LogP contribution in [0, 0.1) is 6.92 Å². The van der Waals surface area contributed by atoms with Crippen LogP contribution in [0.5, 0.6) is 5.75 Å². The molecule has 1 fully saturated rings. The van der Waals surface area contributed by atoms with Crippen molar-refractivity contribution in [2.75, 3.05) is 12.4 Å². The molecule has 1 saturated carbocycles. The first kappa shape index (κ1) is 19.2. The highest BCUT2D eigenvalue weighted by Crippen LogP contribution is 2.50. The van der Waals surface area contributed by atoms with Crippen LogP contribution >= 0.6 is 11.8 Å². The second kappa shape index (κ2) is 7.50. The zero-order valence-electron chi connectivity index (χ0n) is 17.2. The summed E-state index contributed by atoms with van der Waals surface area (Å²) < 4.78 is 7.67. The van der Waals surface area contributed by atoms with Crippen molar-refractivity contribution in [3.05, 3.63) is 52.5 Å². The Morgan fingerprint density at radius 3 is 2.83 bits per heavy atom. The Morgan fingerprint density at radius 1 is 1.27 bits per heavy atom. The summed E-state index contributed by atoms with van der Waals surface area (Å²) in [7, 11) is 1.64. The number of anilines is 2. The van der Waals surface area contributed by atoms with Crippen molar-refractivity contribution in [2.24, 2.45) is 0 Å². The van der Waals surface area contributed by atoms with Crippen molar-refractivity contribution >= 4 is 23.4 Å². The van der Waals surface area contributed by atoms with Crippen LogP contribution in [0.4, 0.5) is 11.6 Å². The van der Waals surface area contributed by atoms with E-state index in [0.717, 1.165) is 34.1 Å². The smallest absolute Gasteiger partial charge is 0.266 e. The van der Waals surface area contributed by atoms with E-state index in [1.165, 1.54) is 32.1 Å². The van der Waals surface area contributed by atoms with Crippen LogP contribution in [0.15, 0.2) is 40.4 Å². The van der Waals surface area contributed by atoms with E-state index in [-0.39, 0.29) is 10.3 Å². The van der Waals surface area contributed by atoms with Gasteiger partial charge >= 0.3 is 0 Å². The Balaban J connectivity index is 1.41. The third-order valence-corrected chi connectivity index (χ3v) is 7.56. The first-order chi connectivity index (χ1) is 14.5. The molecule has 2 aromatic heterocycles. The molecule has 1 aromatic carbocycles. The molecule has 0 unspecified atom stereocenters. The van der Waals surface area contributed by atoms with E-state index >= 15 is 0 Å². The van der Waals surface area contributed by atoms with Gasteiger partial charge in [0.2, 0.25) is 5.95 Å². The van der Waals surface area contributed by atoms with Gasteiger partial charge in [-0.25, -0.2) is 9.97 Å². The van der Waals surface area contributed by atoms with Gasteiger partial charge in [0.15, 0.2) is 0 Å². The molecule has 2 aliphatic rings. The highest BCUT2D eigenvalue weighted by Gasteiger charge is 2.41. The Morgan fingerprint density at radius 2 is 2.10 bits per heavy atom. The average Bonchev–Trinajstić information content (AvgIpc) is 3.32. The van der Waals surface area contributed by atoms with Crippen LogP contribution in [0.3, 0.4) is 0 Å². The van der Waals surface area contributed by atoms with E-state index in [2.05, 4.69) is 15.3 Å². The molecule has 0 bridgehead atoms. The van der Waals surface area contributed by atoms with E-state index in [0.29, 0.717) is 11.7 Å². The summed E-state index contributed by atoms with van der Waals surface area (Å²) in [5, 5.41) is 3.24. The van der Waals surface area contributed by atoms with Gasteiger partial charge in [-0.15, -0.1) is 11.8 Å². The number of rotatable bonds is 4. The predicted octanol–water partition coefficient (Wildman–Crippen LogP) is 4.37. The monoisotopic (exact) mass is 423 g/mol. The number of nitrogens with zero attached hydrogens (tertiary/aromatic N) is 3. The molecule has 5 rings (SSSR count). The molecular weight excluding hydrogens is 398 g/mol. The lowest BCUT2D eigenvalue weighted by atomic mass is 9.85. The van der Waals surface area contributed by atoms with Gasteiger partial charge in [-0.3, -0.25) is 9.78 Å². The number of methoxy groups -OCH3 is 1. The highest BCUT2D eigenvalue weighted by atomic mass is 32.2. The Labute approximate surface area is 179 Å². The molecular formula is C22H25N5O2S. The maximum absolute atomic E-state index is 12.7. The molecule has 1 aliphatic carbocycles. The number of aryl methyl sites for hydroxylation is 1. The predicted molar refractivity (Wildman–Crippen MR) is 118 cm³/mol. The second-order valence-electron chi connectivity index (χ2n) is 8.15. The maximum atomic E-state index is 12.7. The molecule has 0 radical (unpaired) electrons. The Bertz CT molecular complexity index is 1150. The number of nitrogens with one attached hydrogen (secondary N) is 2. The topological polar surface area (TPSA) is 84.8 Å². The van der Waals surface area contributed by atoms with Crippen molar-refractivity contribution in [3.8, 4) is 11.4 Å². The molecule has 3 aromatic rings.